The van der Waals surface area contributed by atoms with E-state index in [1.165, 1.54) is 12.1 Å². The molecule has 0 amide bonds. The molecule has 0 spiro atoms. The fourth-order valence-electron chi connectivity index (χ4n) is 4.15. The predicted molar refractivity (Wildman–Crippen MR) is 116 cm³/mol. The Balaban J connectivity index is 1.44. The number of rotatable bonds is 4. The van der Waals surface area contributed by atoms with Crippen molar-refractivity contribution in [1.29, 1.82) is 0 Å². The van der Waals surface area contributed by atoms with Gasteiger partial charge in [0.2, 0.25) is 5.95 Å². The standard InChI is InChI=1S/C22H20F3N7/c23-22(24,25)15-6-3-4-13(8-15)11-32-12-16(9-14-5-1-2-7-18(14)32)28-19-17-10-27-31-20(17)30-21(26)29-19/h1-8,10,16H,9,11-12H2,(H4,26,27,28,29,30,31). The molecule has 164 valence electrons. The van der Waals surface area contributed by atoms with E-state index < -0.39 is 11.7 Å². The summed E-state index contributed by atoms with van der Waals surface area (Å²) in [6, 6.07) is 13.3. The molecule has 0 saturated heterocycles. The van der Waals surface area contributed by atoms with E-state index in [9.17, 15) is 13.2 Å². The zero-order valence-electron chi connectivity index (χ0n) is 16.9. The van der Waals surface area contributed by atoms with E-state index in [-0.39, 0.29) is 12.0 Å². The van der Waals surface area contributed by atoms with Crippen LogP contribution in [0.4, 0.5) is 30.6 Å². The van der Waals surface area contributed by atoms with E-state index in [1.54, 1.807) is 12.3 Å². The average molecular weight is 439 g/mol. The summed E-state index contributed by atoms with van der Waals surface area (Å²) in [5.74, 6) is 0.700. The van der Waals surface area contributed by atoms with E-state index in [0.29, 0.717) is 30.1 Å². The third-order valence-corrected chi connectivity index (χ3v) is 5.54. The quantitative estimate of drug-likeness (QED) is 0.445. The SMILES string of the molecule is Nc1nc(NC2Cc3ccccc3N(Cc3cccc(C(F)(F)F)c3)C2)c2cn[nH]c2n1. The molecule has 0 radical (unpaired) electrons. The van der Waals surface area contributed by atoms with Crippen LogP contribution in [0.25, 0.3) is 11.0 Å². The highest BCUT2D eigenvalue weighted by Crippen LogP contribution is 2.33. The monoisotopic (exact) mass is 439 g/mol. The van der Waals surface area contributed by atoms with Crippen molar-refractivity contribution in [2.75, 3.05) is 22.5 Å². The number of hydrogen-bond donors (Lipinski definition) is 3. The molecule has 0 bridgehead atoms. The Bertz CT molecular complexity index is 1270. The zero-order chi connectivity index (χ0) is 22.3. The maximum atomic E-state index is 13.2. The topological polar surface area (TPSA) is 95.7 Å². The first-order valence-corrected chi connectivity index (χ1v) is 10.1. The second kappa shape index (κ2) is 7.70. The van der Waals surface area contributed by atoms with Crippen LogP contribution in [0, 0.1) is 0 Å². The minimum absolute atomic E-state index is 0.0388. The Kier molecular flexibility index (Phi) is 4.84. The van der Waals surface area contributed by atoms with Gasteiger partial charge in [0.1, 0.15) is 5.82 Å². The van der Waals surface area contributed by atoms with Gasteiger partial charge in [-0.05, 0) is 35.7 Å². The van der Waals surface area contributed by atoms with Crippen molar-refractivity contribution in [3.8, 4) is 0 Å². The number of fused-ring (bicyclic) bond motifs is 2. The lowest BCUT2D eigenvalue weighted by Crippen LogP contribution is -2.42. The highest BCUT2D eigenvalue weighted by atomic mass is 19.4. The van der Waals surface area contributed by atoms with Crippen LogP contribution in [0.1, 0.15) is 16.7 Å². The predicted octanol–water partition coefficient (Wildman–Crippen LogP) is 4.00. The third kappa shape index (κ3) is 3.91. The number of anilines is 3. The lowest BCUT2D eigenvalue weighted by Gasteiger charge is -2.37. The molecule has 7 nitrogen and oxygen atoms in total. The fourth-order valence-corrected chi connectivity index (χ4v) is 4.15. The highest BCUT2D eigenvalue weighted by Gasteiger charge is 2.31. The lowest BCUT2D eigenvalue weighted by molar-refractivity contribution is -0.137. The Morgan fingerprint density at radius 1 is 1.12 bits per heavy atom. The van der Waals surface area contributed by atoms with E-state index >= 15 is 0 Å². The van der Waals surface area contributed by atoms with Crippen LogP contribution in [0.3, 0.4) is 0 Å². The van der Waals surface area contributed by atoms with Crippen LogP contribution in [-0.4, -0.2) is 32.8 Å². The number of hydrogen-bond acceptors (Lipinski definition) is 6. The van der Waals surface area contributed by atoms with Gasteiger partial charge in [-0.1, -0.05) is 30.3 Å². The van der Waals surface area contributed by atoms with Crippen molar-refractivity contribution in [2.24, 2.45) is 0 Å². The van der Waals surface area contributed by atoms with Crippen LogP contribution < -0.4 is 16.0 Å². The maximum Gasteiger partial charge on any atom is 0.416 e. The number of para-hydroxylation sites is 1. The summed E-state index contributed by atoms with van der Waals surface area (Å²) >= 11 is 0. The minimum Gasteiger partial charge on any atom is -0.368 e. The van der Waals surface area contributed by atoms with Gasteiger partial charge in [-0.3, -0.25) is 5.10 Å². The van der Waals surface area contributed by atoms with Gasteiger partial charge in [-0.15, -0.1) is 0 Å². The van der Waals surface area contributed by atoms with Gasteiger partial charge in [0.05, 0.1) is 17.1 Å². The van der Waals surface area contributed by atoms with Crippen molar-refractivity contribution < 1.29 is 13.2 Å². The first kappa shape index (κ1) is 20.1. The van der Waals surface area contributed by atoms with Crippen molar-refractivity contribution in [1.82, 2.24) is 20.2 Å². The summed E-state index contributed by atoms with van der Waals surface area (Å²) in [7, 11) is 0. The van der Waals surface area contributed by atoms with Crippen LogP contribution >= 0.6 is 0 Å². The summed E-state index contributed by atoms with van der Waals surface area (Å²) in [6.45, 7) is 0.933. The molecule has 0 aliphatic carbocycles. The number of aromatic amines is 1. The Hall–Kier alpha value is -3.82. The Morgan fingerprint density at radius 2 is 1.97 bits per heavy atom. The first-order valence-electron chi connectivity index (χ1n) is 10.1. The molecular weight excluding hydrogens is 419 g/mol. The summed E-state index contributed by atoms with van der Waals surface area (Å²) in [6.07, 6.45) is -2.00. The van der Waals surface area contributed by atoms with Crippen LogP contribution in [0.2, 0.25) is 0 Å². The highest BCUT2D eigenvalue weighted by molar-refractivity contribution is 5.87. The van der Waals surface area contributed by atoms with Gasteiger partial charge in [0.15, 0.2) is 5.65 Å². The Morgan fingerprint density at radius 3 is 2.81 bits per heavy atom. The van der Waals surface area contributed by atoms with E-state index in [1.807, 2.05) is 24.3 Å². The molecule has 0 saturated carbocycles. The number of nitrogens with one attached hydrogen (secondary N) is 2. The molecule has 1 aliphatic heterocycles. The summed E-state index contributed by atoms with van der Waals surface area (Å²) in [5.41, 5.74) is 8.44. The maximum absolute atomic E-state index is 13.2. The third-order valence-electron chi connectivity index (χ3n) is 5.54. The van der Waals surface area contributed by atoms with Gasteiger partial charge in [-0.2, -0.15) is 28.2 Å². The van der Waals surface area contributed by atoms with Gasteiger partial charge in [-0.25, -0.2) is 0 Å². The van der Waals surface area contributed by atoms with Gasteiger partial charge >= 0.3 is 6.18 Å². The molecule has 1 aliphatic rings. The van der Waals surface area contributed by atoms with Crippen LogP contribution in [-0.2, 0) is 19.1 Å². The van der Waals surface area contributed by atoms with Crippen molar-refractivity contribution in [2.45, 2.75) is 25.2 Å². The average Bonchev–Trinajstić information content (AvgIpc) is 3.22. The normalized spacial score (nSPS) is 16.2. The molecule has 32 heavy (non-hydrogen) atoms. The number of nitrogens with two attached hydrogens (primary N) is 1. The van der Waals surface area contributed by atoms with Gasteiger partial charge in [0.25, 0.3) is 0 Å². The molecule has 4 aromatic rings. The van der Waals surface area contributed by atoms with Crippen LogP contribution in [0.15, 0.2) is 54.7 Å². The summed E-state index contributed by atoms with van der Waals surface area (Å²) in [5, 5.41) is 10.9. The van der Waals surface area contributed by atoms with E-state index in [2.05, 4.69) is 30.4 Å². The molecule has 10 heteroatoms. The molecular formula is C22H20F3N7. The molecule has 2 aromatic heterocycles. The van der Waals surface area contributed by atoms with Crippen LogP contribution in [0.5, 0.6) is 0 Å². The fraction of sp³-hybridized carbons (Fsp3) is 0.227. The summed E-state index contributed by atoms with van der Waals surface area (Å²) < 4.78 is 39.5. The molecule has 5 rings (SSSR count). The largest absolute Gasteiger partial charge is 0.416 e. The summed E-state index contributed by atoms with van der Waals surface area (Å²) in [4.78, 5) is 10.5. The van der Waals surface area contributed by atoms with Gasteiger partial charge < -0.3 is 16.0 Å². The van der Waals surface area contributed by atoms with E-state index in [4.69, 9.17) is 5.73 Å². The first-order chi connectivity index (χ1) is 15.4. The zero-order valence-corrected chi connectivity index (χ0v) is 16.9. The number of nitrogens with zero attached hydrogens (tertiary/aromatic N) is 4. The number of halogens is 3. The number of nitrogen functional groups attached to an aromatic ring is 1. The minimum atomic E-state index is -4.37. The van der Waals surface area contributed by atoms with Crippen molar-refractivity contribution in [3.63, 3.8) is 0 Å². The number of benzene rings is 2. The van der Waals surface area contributed by atoms with Crippen molar-refractivity contribution in [3.05, 3.63) is 71.4 Å². The molecule has 3 heterocycles. The van der Waals surface area contributed by atoms with E-state index in [0.717, 1.165) is 29.1 Å². The molecule has 2 aromatic carbocycles. The second-order valence-corrected chi connectivity index (χ2v) is 7.82. The molecule has 1 unspecified atom stereocenters. The number of H-pyrrole nitrogens is 1. The van der Waals surface area contributed by atoms with Gasteiger partial charge in [0, 0.05) is 24.8 Å². The smallest absolute Gasteiger partial charge is 0.368 e. The van der Waals surface area contributed by atoms with Crippen molar-refractivity contribution >= 4 is 28.5 Å². The molecule has 1 atom stereocenters. The second-order valence-electron chi connectivity index (χ2n) is 7.82. The Labute approximate surface area is 181 Å². The number of aromatic nitrogens is 4. The molecule has 0 fully saturated rings. The lowest BCUT2D eigenvalue weighted by atomic mass is 9.97. The number of alkyl halides is 3. The molecule has 4 N–H and O–H groups in total.